The lowest BCUT2D eigenvalue weighted by Crippen LogP contribution is -2.14. The van der Waals surface area contributed by atoms with Gasteiger partial charge in [0.15, 0.2) is 0 Å². The van der Waals surface area contributed by atoms with Crippen molar-refractivity contribution < 1.29 is 13.9 Å². The number of amides is 1. The monoisotopic (exact) mass is 366 g/mol. The van der Waals surface area contributed by atoms with E-state index in [4.69, 9.17) is 10.5 Å². The van der Waals surface area contributed by atoms with Crippen molar-refractivity contribution in [1.29, 1.82) is 0 Å². The number of benzene rings is 1. The SMILES string of the molecule is CC(C)Oc1ccc(F)cc1-c1cc(-c2cnccc2CC(N)=O)ncn1. The van der Waals surface area contributed by atoms with Crippen molar-refractivity contribution in [2.45, 2.75) is 26.4 Å². The molecule has 2 N–H and O–H groups in total. The summed E-state index contributed by atoms with van der Waals surface area (Å²) in [5, 5.41) is 0. The van der Waals surface area contributed by atoms with Crippen LogP contribution in [-0.4, -0.2) is 27.0 Å². The van der Waals surface area contributed by atoms with E-state index in [1.165, 1.54) is 18.5 Å². The van der Waals surface area contributed by atoms with Crippen molar-refractivity contribution in [2.24, 2.45) is 5.73 Å². The van der Waals surface area contributed by atoms with Crippen LogP contribution >= 0.6 is 0 Å². The molecule has 138 valence electrons. The van der Waals surface area contributed by atoms with Crippen LogP contribution in [0.1, 0.15) is 19.4 Å². The molecule has 0 fully saturated rings. The maximum atomic E-state index is 13.8. The van der Waals surface area contributed by atoms with Crippen molar-refractivity contribution in [3.8, 4) is 28.3 Å². The number of aromatic nitrogens is 3. The summed E-state index contributed by atoms with van der Waals surface area (Å²) in [6.45, 7) is 3.79. The van der Waals surface area contributed by atoms with E-state index in [9.17, 15) is 9.18 Å². The second-order valence-electron chi connectivity index (χ2n) is 6.27. The predicted molar refractivity (Wildman–Crippen MR) is 99.3 cm³/mol. The molecule has 0 atom stereocenters. The molecule has 0 saturated carbocycles. The molecule has 0 aliphatic heterocycles. The first-order chi connectivity index (χ1) is 12.9. The lowest BCUT2D eigenvalue weighted by molar-refractivity contribution is -0.117. The Hall–Kier alpha value is -3.35. The van der Waals surface area contributed by atoms with Gasteiger partial charge in [-0.15, -0.1) is 0 Å². The van der Waals surface area contributed by atoms with E-state index in [1.807, 2.05) is 13.8 Å². The third-order valence-electron chi connectivity index (χ3n) is 3.80. The Kier molecular flexibility index (Phi) is 5.40. The zero-order valence-corrected chi connectivity index (χ0v) is 15.0. The summed E-state index contributed by atoms with van der Waals surface area (Å²) in [4.78, 5) is 24.0. The zero-order chi connectivity index (χ0) is 19.4. The molecule has 0 bridgehead atoms. The Morgan fingerprint density at radius 3 is 2.59 bits per heavy atom. The molecular formula is C20H19FN4O2. The first kappa shape index (κ1) is 18.4. The number of rotatable bonds is 6. The Bertz CT molecular complexity index is 976. The number of carbonyl (C=O) groups excluding carboxylic acids is 1. The molecular weight excluding hydrogens is 347 g/mol. The first-order valence-electron chi connectivity index (χ1n) is 8.44. The van der Waals surface area contributed by atoms with Gasteiger partial charge in [-0.2, -0.15) is 0 Å². The number of nitrogens with zero attached hydrogens (tertiary/aromatic N) is 3. The van der Waals surface area contributed by atoms with Gasteiger partial charge in [-0.3, -0.25) is 9.78 Å². The fourth-order valence-corrected chi connectivity index (χ4v) is 2.71. The van der Waals surface area contributed by atoms with Crippen LogP contribution in [0, 0.1) is 5.82 Å². The molecule has 0 saturated heterocycles. The van der Waals surface area contributed by atoms with Gasteiger partial charge in [-0.25, -0.2) is 14.4 Å². The fraction of sp³-hybridized carbons (Fsp3) is 0.200. The van der Waals surface area contributed by atoms with E-state index in [-0.39, 0.29) is 12.5 Å². The average molecular weight is 366 g/mol. The number of ether oxygens (including phenoxy) is 1. The van der Waals surface area contributed by atoms with Gasteiger partial charge in [0, 0.05) is 23.5 Å². The Morgan fingerprint density at radius 2 is 1.89 bits per heavy atom. The highest BCUT2D eigenvalue weighted by Crippen LogP contribution is 2.32. The number of carbonyl (C=O) groups is 1. The minimum Gasteiger partial charge on any atom is -0.490 e. The molecule has 0 aliphatic rings. The van der Waals surface area contributed by atoms with Crippen molar-refractivity contribution in [2.75, 3.05) is 0 Å². The van der Waals surface area contributed by atoms with Crippen molar-refractivity contribution >= 4 is 5.91 Å². The number of hydrogen-bond donors (Lipinski definition) is 1. The summed E-state index contributed by atoms with van der Waals surface area (Å²) in [6, 6.07) is 7.72. The summed E-state index contributed by atoms with van der Waals surface area (Å²) < 4.78 is 19.6. The van der Waals surface area contributed by atoms with Gasteiger partial charge in [-0.05, 0) is 49.7 Å². The van der Waals surface area contributed by atoms with Crippen molar-refractivity contribution in [1.82, 2.24) is 15.0 Å². The summed E-state index contributed by atoms with van der Waals surface area (Å²) in [6.07, 6.45) is 4.58. The van der Waals surface area contributed by atoms with E-state index in [0.717, 1.165) is 0 Å². The highest BCUT2D eigenvalue weighted by molar-refractivity contribution is 5.80. The van der Waals surface area contributed by atoms with Gasteiger partial charge in [-0.1, -0.05) is 0 Å². The third kappa shape index (κ3) is 4.44. The highest BCUT2D eigenvalue weighted by Gasteiger charge is 2.14. The van der Waals surface area contributed by atoms with E-state index >= 15 is 0 Å². The Labute approximate surface area is 156 Å². The van der Waals surface area contributed by atoms with Crippen LogP contribution in [0.4, 0.5) is 4.39 Å². The van der Waals surface area contributed by atoms with E-state index in [1.54, 1.807) is 30.6 Å². The smallest absolute Gasteiger partial charge is 0.221 e. The number of pyridine rings is 1. The van der Waals surface area contributed by atoms with Gasteiger partial charge < -0.3 is 10.5 Å². The standard InChI is InChI=1S/C20H19FN4O2/c1-12(2)27-19-4-3-14(21)8-15(19)17-9-18(25-11-24-17)16-10-23-6-5-13(16)7-20(22)26/h3-6,8-12H,7H2,1-2H3,(H2,22,26). The second kappa shape index (κ2) is 7.90. The second-order valence-corrected chi connectivity index (χ2v) is 6.27. The molecule has 6 nitrogen and oxygen atoms in total. The molecule has 0 radical (unpaired) electrons. The number of hydrogen-bond acceptors (Lipinski definition) is 5. The van der Waals surface area contributed by atoms with Crippen LogP contribution in [-0.2, 0) is 11.2 Å². The Balaban J connectivity index is 2.08. The van der Waals surface area contributed by atoms with E-state index < -0.39 is 11.7 Å². The lowest BCUT2D eigenvalue weighted by Gasteiger charge is -2.14. The van der Waals surface area contributed by atoms with Crippen LogP contribution < -0.4 is 10.5 Å². The van der Waals surface area contributed by atoms with Crippen LogP contribution in [0.25, 0.3) is 22.5 Å². The largest absolute Gasteiger partial charge is 0.490 e. The number of halogens is 1. The molecule has 3 aromatic rings. The van der Waals surface area contributed by atoms with Crippen LogP contribution in [0.15, 0.2) is 49.1 Å². The van der Waals surface area contributed by atoms with Crippen LogP contribution in [0.5, 0.6) is 5.75 Å². The normalized spacial score (nSPS) is 10.8. The number of primary amides is 1. The molecule has 0 aliphatic carbocycles. The summed E-state index contributed by atoms with van der Waals surface area (Å²) in [5.41, 5.74) is 8.29. The topological polar surface area (TPSA) is 91.0 Å². The minimum absolute atomic E-state index is 0.0683. The molecule has 0 unspecified atom stereocenters. The van der Waals surface area contributed by atoms with Gasteiger partial charge in [0.25, 0.3) is 0 Å². The summed E-state index contributed by atoms with van der Waals surface area (Å²) in [5.74, 6) is -0.314. The van der Waals surface area contributed by atoms with Crippen molar-refractivity contribution in [3.63, 3.8) is 0 Å². The minimum atomic E-state index is -0.450. The molecule has 1 aromatic carbocycles. The molecule has 27 heavy (non-hydrogen) atoms. The maximum Gasteiger partial charge on any atom is 0.221 e. The zero-order valence-electron chi connectivity index (χ0n) is 15.0. The van der Waals surface area contributed by atoms with Crippen LogP contribution in [0.2, 0.25) is 0 Å². The van der Waals surface area contributed by atoms with Gasteiger partial charge in [0.2, 0.25) is 5.91 Å². The highest BCUT2D eigenvalue weighted by atomic mass is 19.1. The molecule has 1 amide bonds. The molecule has 2 aromatic heterocycles. The first-order valence-corrected chi connectivity index (χ1v) is 8.44. The predicted octanol–water partition coefficient (Wildman–Crippen LogP) is 3.16. The molecule has 0 spiro atoms. The maximum absolute atomic E-state index is 13.8. The van der Waals surface area contributed by atoms with Crippen LogP contribution in [0.3, 0.4) is 0 Å². The van der Waals surface area contributed by atoms with Gasteiger partial charge in [0.1, 0.15) is 17.9 Å². The van der Waals surface area contributed by atoms with Gasteiger partial charge >= 0.3 is 0 Å². The third-order valence-corrected chi connectivity index (χ3v) is 3.80. The van der Waals surface area contributed by atoms with Gasteiger partial charge in [0.05, 0.1) is 23.9 Å². The fourth-order valence-electron chi connectivity index (χ4n) is 2.71. The van der Waals surface area contributed by atoms with Crippen molar-refractivity contribution in [3.05, 3.63) is 60.4 Å². The average Bonchev–Trinajstić information content (AvgIpc) is 2.63. The molecule has 7 heteroatoms. The molecule has 3 rings (SSSR count). The summed E-state index contributed by atoms with van der Waals surface area (Å²) >= 11 is 0. The molecule has 2 heterocycles. The van der Waals surface area contributed by atoms with E-state index in [2.05, 4.69) is 15.0 Å². The quantitative estimate of drug-likeness (QED) is 0.724. The Morgan fingerprint density at radius 1 is 1.15 bits per heavy atom. The number of nitrogens with two attached hydrogens (primary N) is 1. The van der Waals surface area contributed by atoms with E-state index in [0.29, 0.717) is 33.8 Å². The summed E-state index contributed by atoms with van der Waals surface area (Å²) in [7, 11) is 0. The lowest BCUT2D eigenvalue weighted by atomic mass is 10.0.